The molecule has 20 heavy (non-hydrogen) atoms. The van der Waals surface area contributed by atoms with E-state index in [4.69, 9.17) is 11.6 Å². The van der Waals surface area contributed by atoms with Gasteiger partial charge in [-0.25, -0.2) is 9.97 Å². The Labute approximate surface area is 125 Å². The van der Waals surface area contributed by atoms with Crippen molar-refractivity contribution in [2.75, 3.05) is 5.88 Å². The third kappa shape index (κ3) is 2.98. The molecule has 0 bridgehead atoms. The van der Waals surface area contributed by atoms with Crippen molar-refractivity contribution in [3.05, 3.63) is 24.2 Å². The quantitative estimate of drug-likeness (QED) is 0.747. The van der Waals surface area contributed by atoms with Crippen molar-refractivity contribution in [2.45, 2.75) is 51.5 Å². The van der Waals surface area contributed by atoms with Crippen LogP contribution in [0.1, 0.15) is 44.3 Å². The van der Waals surface area contributed by atoms with Crippen LogP contribution in [0.25, 0.3) is 11.2 Å². The second kappa shape index (κ2) is 6.57. The number of nitrogens with zero attached hydrogens (tertiary/aromatic N) is 3. The van der Waals surface area contributed by atoms with Crippen LogP contribution in [0, 0.1) is 5.92 Å². The maximum absolute atomic E-state index is 5.90. The smallest absolute Gasteiger partial charge is 0.159 e. The summed E-state index contributed by atoms with van der Waals surface area (Å²) < 4.78 is 2.27. The summed E-state index contributed by atoms with van der Waals surface area (Å²) in [4.78, 5) is 9.16. The highest BCUT2D eigenvalue weighted by Crippen LogP contribution is 2.29. The Hall–Kier alpha value is -1.09. The van der Waals surface area contributed by atoms with E-state index >= 15 is 0 Å². The van der Waals surface area contributed by atoms with Crippen LogP contribution in [0.5, 0.6) is 0 Å². The molecule has 0 aliphatic heterocycles. The first kappa shape index (κ1) is 13.9. The van der Waals surface area contributed by atoms with Gasteiger partial charge in [0.05, 0.1) is 0 Å². The fourth-order valence-electron chi connectivity index (χ4n) is 3.35. The van der Waals surface area contributed by atoms with Crippen molar-refractivity contribution >= 4 is 22.8 Å². The second-order valence-corrected chi connectivity index (χ2v) is 6.14. The molecule has 0 spiro atoms. The summed E-state index contributed by atoms with van der Waals surface area (Å²) in [6, 6.07) is 3.98. The van der Waals surface area contributed by atoms with Gasteiger partial charge in [0, 0.05) is 25.0 Å². The lowest BCUT2D eigenvalue weighted by Gasteiger charge is -2.11. The van der Waals surface area contributed by atoms with Crippen LogP contribution in [-0.2, 0) is 13.0 Å². The Balaban J connectivity index is 1.72. The van der Waals surface area contributed by atoms with E-state index in [1.807, 2.05) is 18.3 Å². The SMILES string of the molecule is ClCCc1nc2cccnc2n1CCCC1CCCC1. The minimum Gasteiger partial charge on any atom is -0.313 e. The molecule has 0 unspecified atom stereocenters. The first-order valence-electron chi connectivity index (χ1n) is 7.74. The summed E-state index contributed by atoms with van der Waals surface area (Å²) in [6.45, 7) is 1.02. The van der Waals surface area contributed by atoms with Gasteiger partial charge in [0.15, 0.2) is 5.65 Å². The van der Waals surface area contributed by atoms with Crippen molar-refractivity contribution in [1.29, 1.82) is 0 Å². The predicted molar refractivity (Wildman–Crippen MR) is 83.1 cm³/mol. The summed E-state index contributed by atoms with van der Waals surface area (Å²) in [7, 11) is 0. The molecular weight excluding hydrogens is 270 g/mol. The minimum atomic E-state index is 0.617. The van der Waals surface area contributed by atoms with Gasteiger partial charge in [0.2, 0.25) is 0 Å². The lowest BCUT2D eigenvalue weighted by atomic mass is 10.0. The van der Waals surface area contributed by atoms with E-state index in [1.54, 1.807) is 0 Å². The number of hydrogen-bond acceptors (Lipinski definition) is 2. The van der Waals surface area contributed by atoms with E-state index in [2.05, 4.69) is 14.5 Å². The number of hydrogen-bond donors (Lipinski definition) is 0. The Morgan fingerprint density at radius 1 is 1.30 bits per heavy atom. The summed E-state index contributed by atoms with van der Waals surface area (Å²) >= 11 is 5.90. The molecule has 0 N–H and O–H groups in total. The lowest BCUT2D eigenvalue weighted by Crippen LogP contribution is -2.07. The van der Waals surface area contributed by atoms with E-state index in [1.165, 1.54) is 38.5 Å². The molecule has 0 amide bonds. The summed E-state index contributed by atoms with van der Waals surface area (Å²) in [5.74, 6) is 2.65. The normalized spacial score (nSPS) is 16.2. The molecule has 1 fully saturated rings. The monoisotopic (exact) mass is 291 g/mol. The van der Waals surface area contributed by atoms with E-state index in [9.17, 15) is 0 Å². The lowest BCUT2D eigenvalue weighted by molar-refractivity contribution is 0.457. The van der Waals surface area contributed by atoms with Crippen molar-refractivity contribution in [2.24, 2.45) is 5.92 Å². The van der Waals surface area contributed by atoms with Gasteiger partial charge < -0.3 is 4.57 Å². The largest absolute Gasteiger partial charge is 0.313 e. The average Bonchev–Trinajstić information content (AvgIpc) is 3.08. The molecule has 2 aromatic heterocycles. The Bertz CT molecular complexity index is 558. The van der Waals surface area contributed by atoms with Crippen LogP contribution < -0.4 is 0 Å². The molecule has 0 atom stereocenters. The molecule has 0 aromatic carbocycles. The van der Waals surface area contributed by atoms with Gasteiger partial charge in [-0.15, -0.1) is 11.6 Å². The third-order valence-electron chi connectivity index (χ3n) is 4.37. The molecule has 1 aliphatic rings. The van der Waals surface area contributed by atoms with E-state index in [0.29, 0.717) is 5.88 Å². The number of aryl methyl sites for hydroxylation is 2. The van der Waals surface area contributed by atoms with Crippen molar-refractivity contribution in [3.63, 3.8) is 0 Å². The Morgan fingerprint density at radius 2 is 2.15 bits per heavy atom. The Morgan fingerprint density at radius 3 is 2.95 bits per heavy atom. The topological polar surface area (TPSA) is 30.7 Å². The van der Waals surface area contributed by atoms with Crippen LogP contribution in [-0.4, -0.2) is 20.4 Å². The van der Waals surface area contributed by atoms with Crippen LogP contribution in [0.15, 0.2) is 18.3 Å². The van der Waals surface area contributed by atoms with E-state index in [0.717, 1.165) is 35.9 Å². The van der Waals surface area contributed by atoms with Gasteiger partial charge in [-0.3, -0.25) is 0 Å². The van der Waals surface area contributed by atoms with Gasteiger partial charge in [0.25, 0.3) is 0 Å². The molecule has 2 aromatic rings. The first-order chi connectivity index (χ1) is 9.88. The van der Waals surface area contributed by atoms with Gasteiger partial charge in [-0.2, -0.15) is 0 Å². The van der Waals surface area contributed by atoms with Crippen LogP contribution in [0.4, 0.5) is 0 Å². The maximum atomic E-state index is 5.90. The zero-order chi connectivity index (χ0) is 13.8. The van der Waals surface area contributed by atoms with Crippen molar-refractivity contribution in [1.82, 2.24) is 14.5 Å². The molecule has 0 saturated heterocycles. The molecule has 4 heteroatoms. The summed E-state index contributed by atoms with van der Waals surface area (Å²) in [6.07, 6.45) is 10.9. The van der Waals surface area contributed by atoms with Crippen molar-refractivity contribution < 1.29 is 0 Å². The average molecular weight is 292 g/mol. The van der Waals surface area contributed by atoms with E-state index < -0.39 is 0 Å². The predicted octanol–water partition coefficient (Wildman–Crippen LogP) is 4.18. The van der Waals surface area contributed by atoms with Crippen LogP contribution >= 0.6 is 11.6 Å². The van der Waals surface area contributed by atoms with Crippen LogP contribution in [0.2, 0.25) is 0 Å². The summed E-state index contributed by atoms with van der Waals surface area (Å²) in [5.41, 5.74) is 2.01. The number of imidazole rings is 1. The molecular formula is C16H22ClN3. The number of alkyl halides is 1. The fourth-order valence-corrected chi connectivity index (χ4v) is 3.52. The molecule has 108 valence electrons. The zero-order valence-corrected chi connectivity index (χ0v) is 12.6. The Kier molecular flexibility index (Phi) is 4.56. The zero-order valence-electron chi connectivity index (χ0n) is 11.9. The minimum absolute atomic E-state index is 0.617. The highest BCUT2D eigenvalue weighted by molar-refractivity contribution is 6.17. The number of halogens is 1. The van der Waals surface area contributed by atoms with Gasteiger partial charge in [-0.1, -0.05) is 25.7 Å². The number of aromatic nitrogens is 3. The molecule has 3 rings (SSSR count). The molecule has 2 heterocycles. The number of fused-ring (bicyclic) bond motifs is 1. The fraction of sp³-hybridized carbons (Fsp3) is 0.625. The molecule has 3 nitrogen and oxygen atoms in total. The standard InChI is InChI=1S/C16H22ClN3/c17-10-9-15-19-14-8-3-11-18-16(14)20(15)12-4-7-13-5-1-2-6-13/h3,8,11,13H,1-2,4-7,9-10,12H2. The highest BCUT2D eigenvalue weighted by Gasteiger charge is 2.15. The molecule has 1 saturated carbocycles. The first-order valence-corrected chi connectivity index (χ1v) is 8.28. The second-order valence-electron chi connectivity index (χ2n) is 5.76. The number of pyridine rings is 1. The maximum Gasteiger partial charge on any atom is 0.159 e. The molecule has 1 aliphatic carbocycles. The van der Waals surface area contributed by atoms with Gasteiger partial charge in [0.1, 0.15) is 11.3 Å². The van der Waals surface area contributed by atoms with Gasteiger partial charge in [-0.05, 0) is 30.9 Å². The van der Waals surface area contributed by atoms with Crippen molar-refractivity contribution in [3.8, 4) is 0 Å². The number of rotatable bonds is 6. The van der Waals surface area contributed by atoms with E-state index in [-0.39, 0.29) is 0 Å². The molecule has 0 radical (unpaired) electrons. The summed E-state index contributed by atoms with van der Waals surface area (Å²) in [5, 5.41) is 0. The third-order valence-corrected chi connectivity index (χ3v) is 4.56. The van der Waals surface area contributed by atoms with Crippen LogP contribution in [0.3, 0.4) is 0 Å². The highest BCUT2D eigenvalue weighted by atomic mass is 35.5. The van der Waals surface area contributed by atoms with Gasteiger partial charge >= 0.3 is 0 Å².